The lowest BCUT2D eigenvalue weighted by atomic mass is 9.90. The Hall–Kier alpha value is -3.55. The van der Waals surface area contributed by atoms with Crippen LogP contribution in [0.5, 0.6) is 0 Å². The van der Waals surface area contributed by atoms with Gasteiger partial charge in [0.15, 0.2) is 0 Å². The van der Waals surface area contributed by atoms with Gasteiger partial charge in [-0.3, -0.25) is 4.79 Å². The second-order valence-electron chi connectivity index (χ2n) is 7.56. The van der Waals surface area contributed by atoms with Crippen LogP contribution in [0.25, 0.3) is 5.69 Å². The number of halogens is 1. The summed E-state index contributed by atoms with van der Waals surface area (Å²) in [7, 11) is 0. The maximum absolute atomic E-state index is 12.9. The zero-order valence-corrected chi connectivity index (χ0v) is 19.2. The number of hydrogen-bond donors (Lipinski definition) is 1. The lowest BCUT2D eigenvalue weighted by molar-refractivity contribution is 0.102. The summed E-state index contributed by atoms with van der Waals surface area (Å²) in [5.41, 5.74) is 4.82. The highest BCUT2D eigenvalue weighted by Crippen LogP contribution is 2.21. The third kappa shape index (κ3) is 4.79. The van der Waals surface area contributed by atoms with E-state index in [9.17, 15) is 4.79 Å². The maximum atomic E-state index is 12.9. The van der Waals surface area contributed by atoms with Gasteiger partial charge in [-0.25, -0.2) is 4.68 Å². The Morgan fingerprint density at radius 1 is 0.939 bits per heavy atom. The summed E-state index contributed by atoms with van der Waals surface area (Å²) in [5, 5.41) is 17.4. The van der Waals surface area contributed by atoms with Crippen LogP contribution in [0.15, 0.2) is 89.1 Å². The number of aryl methyl sites for hydroxylation is 1. The van der Waals surface area contributed by atoms with Crippen molar-refractivity contribution < 1.29 is 4.79 Å². The number of fused-ring (bicyclic) bond motifs is 1. The molecule has 0 atom stereocenters. The first-order valence-corrected chi connectivity index (χ1v) is 11.8. The van der Waals surface area contributed by atoms with E-state index in [0.717, 1.165) is 36.2 Å². The number of nitrogens with one attached hydrogen (secondary N) is 1. The summed E-state index contributed by atoms with van der Waals surface area (Å²) in [6.07, 6.45) is 2.95. The van der Waals surface area contributed by atoms with Crippen molar-refractivity contribution in [3.05, 3.63) is 105 Å². The molecular formula is C25H20ClN5OS. The highest BCUT2D eigenvalue weighted by Gasteiger charge is 2.17. The second-order valence-corrected chi connectivity index (χ2v) is 8.95. The molecular weight excluding hydrogens is 454 g/mol. The molecule has 0 bridgehead atoms. The van der Waals surface area contributed by atoms with E-state index >= 15 is 0 Å². The Balaban J connectivity index is 1.56. The summed E-state index contributed by atoms with van der Waals surface area (Å²) in [4.78, 5) is 13.4. The summed E-state index contributed by atoms with van der Waals surface area (Å²) >= 11 is 7.25. The topological polar surface area (TPSA) is 71.6 Å². The zero-order chi connectivity index (χ0) is 22.6. The minimum Gasteiger partial charge on any atom is -0.320 e. The average Bonchev–Trinajstić information content (AvgIpc) is 3.28. The van der Waals surface area contributed by atoms with Gasteiger partial charge in [-0.2, -0.15) is 5.10 Å². The Labute approximate surface area is 199 Å². The molecule has 3 aromatic carbocycles. The van der Waals surface area contributed by atoms with Crippen LogP contribution >= 0.6 is 22.9 Å². The molecule has 1 N–H and O–H groups in total. The molecule has 1 aliphatic carbocycles. The van der Waals surface area contributed by atoms with Crippen molar-refractivity contribution in [2.75, 3.05) is 5.32 Å². The largest absolute Gasteiger partial charge is 0.320 e. The van der Waals surface area contributed by atoms with Crippen molar-refractivity contribution in [2.24, 2.45) is 10.2 Å². The van der Waals surface area contributed by atoms with Crippen molar-refractivity contribution >= 4 is 40.2 Å². The van der Waals surface area contributed by atoms with Gasteiger partial charge in [0.05, 0.1) is 11.4 Å². The van der Waals surface area contributed by atoms with Crippen LogP contribution in [0.3, 0.4) is 0 Å². The molecule has 0 fully saturated rings. The molecule has 0 aliphatic heterocycles. The van der Waals surface area contributed by atoms with Crippen molar-refractivity contribution in [3.63, 3.8) is 0 Å². The zero-order valence-electron chi connectivity index (χ0n) is 17.6. The molecule has 5 rings (SSSR count). The Morgan fingerprint density at radius 3 is 2.52 bits per heavy atom. The normalized spacial score (nSPS) is 14.8. The highest BCUT2D eigenvalue weighted by molar-refractivity contribution is 7.11. The van der Waals surface area contributed by atoms with Crippen LogP contribution in [0.1, 0.15) is 33.8 Å². The Bertz CT molecular complexity index is 1390. The first-order valence-electron chi connectivity index (χ1n) is 10.6. The predicted molar refractivity (Wildman–Crippen MR) is 132 cm³/mol. The van der Waals surface area contributed by atoms with E-state index in [2.05, 4.69) is 32.8 Å². The molecule has 0 spiro atoms. The molecule has 0 unspecified atom stereocenters. The lowest BCUT2D eigenvalue weighted by Gasteiger charge is -2.16. The van der Waals surface area contributed by atoms with E-state index in [0.29, 0.717) is 15.5 Å². The number of amides is 1. The molecule has 164 valence electrons. The smallest absolute Gasteiger partial charge is 0.286 e. The highest BCUT2D eigenvalue weighted by atomic mass is 35.5. The predicted octanol–water partition coefficient (Wildman–Crippen LogP) is 5.48. The van der Waals surface area contributed by atoms with E-state index in [1.165, 1.54) is 16.9 Å². The van der Waals surface area contributed by atoms with Crippen molar-refractivity contribution in [2.45, 2.75) is 19.3 Å². The standard InChI is InChI=1S/C25H20ClN5OS/c26-18-13-15-20(16-14-18)31-25(29-28-22-12-6-8-17-7-4-5-11-21(17)22)33-24(30-31)23(32)27-19-9-2-1-3-10-19/h1-5,7,9-11,13-16H,6,8,12H2,(H,27,32)/b28-22+,29-25+. The molecule has 8 heteroatoms. The van der Waals surface area contributed by atoms with E-state index in [1.807, 2.05) is 54.6 Å². The number of carbonyl (C=O) groups is 1. The first kappa shape index (κ1) is 21.3. The van der Waals surface area contributed by atoms with Gasteiger partial charge in [0.2, 0.25) is 9.81 Å². The number of benzene rings is 3. The van der Waals surface area contributed by atoms with Crippen LogP contribution in [-0.4, -0.2) is 21.4 Å². The summed E-state index contributed by atoms with van der Waals surface area (Å²) < 4.78 is 1.62. The average molecular weight is 474 g/mol. The molecule has 1 amide bonds. The van der Waals surface area contributed by atoms with Crippen molar-refractivity contribution in [1.82, 2.24) is 9.78 Å². The van der Waals surface area contributed by atoms with Crippen LogP contribution in [-0.2, 0) is 6.42 Å². The minimum absolute atomic E-state index is 0.289. The van der Waals surface area contributed by atoms with E-state index in [1.54, 1.807) is 16.8 Å². The summed E-state index contributed by atoms with van der Waals surface area (Å²) in [6.45, 7) is 0. The summed E-state index contributed by atoms with van der Waals surface area (Å²) in [5.74, 6) is -0.300. The van der Waals surface area contributed by atoms with Gasteiger partial charge >= 0.3 is 0 Å². The first-order chi connectivity index (χ1) is 16.2. The SMILES string of the molecule is O=C(Nc1ccccc1)c1nn(-c2ccc(Cl)cc2)/c(=N\N=C2/CCCc3ccccc32)s1. The number of anilines is 1. The van der Waals surface area contributed by atoms with E-state index in [4.69, 9.17) is 11.6 Å². The number of aromatic nitrogens is 2. The minimum atomic E-state index is -0.300. The number of para-hydroxylation sites is 1. The number of nitrogens with zero attached hydrogens (tertiary/aromatic N) is 4. The molecule has 1 aromatic heterocycles. The molecule has 0 saturated carbocycles. The number of rotatable bonds is 4. The maximum Gasteiger partial charge on any atom is 0.286 e. The Kier molecular flexibility index (Phi) is 6.15. The fourth-order valence-electron chi connectivity index (χ4n) is 3.70. The van der Waals surface area contributed by atoms with Gasteiger partial charge in [-0.15, -0.1) is 10.2 Å². The van der Waals surface area contributed by atoms with Crippen LogP contribution in [0, 0.1) is 0 Å². The Morgan fingerprint density at radius 2 is 1.70 bits per heavy atom. The monoisotopic (exact) mass is 473 g/mol. The van der Waals surface area contributed by atoms with Crippen molar-refractivity contribution in [1.29, 1.82) is 0 Å². The van der Waals surface area contributed by atoms with Gasteiger partial charge in [0, 0.05) is 16.3 Å². The fourth-order valence-corrected chi connectivity index (χ4v) is 4.58. The quantitative estimate of drug-likeness (QED) is 0.398. The van der Waals surface area contributed by atoms with Gasteiger partial charge < -0.3 is 5.32 Å². The third-order valence-corrected chi connectivity index (χ3v) is 6.45. The molecule has 4 aromatic rings. The van der Waals surface area contributed by atoms with Crippen LogP contribution in [0.4, 0.5) is 5.69 Å². The van der Waals surface area contributed by atoms with Gasteiger partial charge in [-0.1, -0.05) is 65.4 Å². The van der Waals surface area contributed by atoms with Gasteiger partial charge in [-0.05, 0) is 61.2 Å². The number of hydrogen-bond acceptors (Lipinski definition) is 5. The molecule has 0 saturated heterocycles. The number of carbonyl (C=O) groups excluding carboxylic acids is 1. The van der Waals surface area contributed by atoms with Gasteiger partial charge in [0.1, 0.15) is 0 Å². The van der Waals surface area contributed by atoms with Crippen LogP contribution < -0.4 is 10.1 Å². The molecule has 1 heterocycles. The van der Waals surface area contributed by atoms with E-state index < -0.39 is 0 Å². The molecule has 0 radical (unpaired) electrons. The van der Waals surface area contributed by atoms with Crippen molar-refractivity contribution in [3.8, 4) is 5.69 Å². The molecule has 33 heavy (non-hydrogen) atoms. The fraction of sp³-hybridized carbons (Fsp3) is 0.120. The second kappa shape index (κ2) is 9.52. The summed E-state index contributed by atoms with van der Waals surface area (Å²) in [6, 6.07) is 24.8. The van der Waals surface area contributed by atoms with Gasteiger partial charge in [0.25, 0.3) is 5.91 Å². The molecule has 1 aliphatic rings. The lowest BCUT2D eigenvalue weighted by Crippen LogP contribution is -2.16. The van der Waals surface area contributed by atoms with Crippen LogP contribution in [0.2, 0.25) is 5.02 Å². The molecule has 6 nitrogen and oxygen atoms in total. The van der Waals surface area contributed by atoms with E-state index in [-0.39, 0.29) is 10.9 Å². The third-order valence-electron chi connectivity index (χ3n) is 5.30.